The summed E-state index contributed by atoms with van der Waals surface area (Å²) in [7, 11) is -4.73. The van der Waals surface area contributed by atoms with E-state index in [0.29, 0.717) is 18.2 Å². The number of benzene rings is 4. The van der Waals surface area contributed by atoms with Crippen molar-refractivity contribution in [2.24, 2.45) is 10.2 Å². The molecular formula is C28H18K2N6O10S. The average Bonchev–Trinajstić information content (AvgIpc) is 3.01. The Labute approximate surface area is 350 Å². The number of fused-ring (bicyclic) bond motifs is 1. The number of hydrogen-bond donors (Lipinski definition) is 3. The standard InChI is InChI=1S/C28H20N6O10S.2K/c1-2-24(35)30-23-12-22(32-31-20-7-6-17(34(41)42)9-16(20)13-29)25-19(26(23)36)4-3-5-21(25)33-45(43,44)18-10-14(27(37)38)8-15(11-18)28(39)40;;/h3-12,33,36H,2H2,1H3,(H,30,35)(H,37,38)(H,39,40);;/q;2*+1/p-2. The van der Waals surface area contributed by atoms with E-state index in [1.165, 1.54) is 18.2 Å². The van der Waals surface area contributed by atoms with Crippen LogP contribution in [0.4, 0.5) is 28.4 Å². The summed E-state index contributed by atoms with van der Waals surface area (Å²) in [5.74, 6) is -4.69. The molecule has 4 aromatic carbocycles. The van der Waals surface area contributed by atoms with Gasteiger partial charge in [-0.25, -0.2) is 8.42 Å². The number of nitriles is 1. The van der Waals surface area contributed by atoms with Crippen molar-refractivity contribution in [3.8, 4) is 11.8 Å². The van der Waals surface area contributed by atoms with Crippen molar-refractivity contribution in [3.63, 3.8) is 0 Å². The third kappa shape index (κ3) is 9.27. The number of nitrogens with one attached hydrogen (secondary N) is 2. The number of azo groups is 1. The van der Waals surface area contributed by atoms with Crippen LogP contribution in [0.15, 0.2) is 75.8 Å². The molecule has 4 aromatic rings. The molecule has 0 fully saturated rings. The second-order valence-electron chi connectivity index (χ2n) is 9.12. The molecule has 19 heteroatoms. The summed E-state index contributed by atoms with van der Waals surface area (Å²) in [6.07, 6.45) is 0.0290. The summed E-state index contributed by atoms with van der Waals surface area (Å²) in [5.41, 5.74) is -2.75. The number of carboxylic acid groups (broad SMARTS) is 2. The number of nitro groups is 1. The predicted octanol–water partition coefficient (Wildman–Crippen LogP) is -3.38. The molecular weight excluding hydrogens is 691 g/mol. The minimum atomic E-state index is -4.73. The first kappa shape index (κ1) is 40.0. The number of nitrogens with zero attached hydrogens (tertiary/aromatic N) is 4. The summed E-state index contributed by atoms with van der Waals surface area (Å²) in [6, 6.07) is 12.1. The van der Waals surface area contributed by atoms with E-state index >= 15 is 0 Å². The first-order chi connectivity index (χ1) is 21.2. The van der Waals surface area contributed by atoms with Crippen LogP contribution in [0, 0.1) is 21.4 Å². The Morgan fingerprint density at radius 2 is 1.55 bits per heavy atom. The molecule has 0 aliphatic rings. The number of carboxylic acids is 2. The monoisotopic (exact) mass is 708 g/mol. The molecule has 0 aromatic heterocycles. The van der Waals surface area contributed by atoms with Crippen LogP contribution in [0.3, 0.4) is 0 Å². The maximum absolute atomic E-state index is 13.4. The van der Waals surface area contributed by atoms with E-state index < -0.39 is 54.6 Å². The van der Waals surface area contributed by atoms with Crippen LogP contribution in [-0.4, -0.2) is 36.3 Å². The number of sulfonamides is 1. The van der Waals surface area contributed by atoms with E-state index in [-0.39, 0.29) is 154 Å². The molecule has 0 spiro atoms. The minimum Gasteiger partial charge on any atom is -0.545 e. The van der Waals surface area contributed by atoms with Crippen molar-refractivity contribution >= 4 is 67.1 Å². The molecule has 0 saturated heterocycles. The van der Waals surface area contributed by atoms with Crippen LogP contribution < -0.4 is 123 Å². The van der Waals surface area contributed by atoms with E-state index in [1.807, 2.05) is 0 Å². The number of non-ortho nitro benzene ring substituents is 1. The van der Waals surface area contributed by atoms with Gasteiger partial charge in [-0.05, 0) is 47.5 Å². The molecule has 0 radical (unpaired) electrons. The number of nitro benzene ring substituents is 1. The fourth-order valence-corrected chi connectivity index (χ4v) is 5.20. The molecule has 0 bridgehead atoms. The van der Waals surface area contributed by atoms with Gasteiger partial charge in [0.1, 0.15) is 17.5 Å². The molecule has 0 unspecified atom stereocenters. The van der Waals surface area contributed by atoms with Crippen molar-refractivity contribution in [2.45, 2.75) is 18.2 Å². The molecule has 0 aliphatic carbocycles. The zero-order chi connectivity index (χ0) is 33.1. The Kier molecular flexibility index (Phi) is 14.3. The van der Waals surface area contributed by atoms with E-state index in [9.17, 15) is 53.5 Å². The Morgan fingerprint density at radius 3 is 2.11 bits per heavy atom. The Morgan fingerprint density at radius 1 is 0.936 bits per heavy atom. The van der Waals surface area contributed by atoms with Crippen molar-refractivity contribution in [2.75, 3.05) is 10.0 Å². The summed E-state index contributed by atoms with van der Waals surface area (Å²) in [4.78, 5) is 44.6. The van der Waals surface area contributed by atoms with Crippen molar-refractivity contribution < 1.29 is 146 Å². The molecule has 1 amide bonds. The number of phenolic OH excluding ortho intramolecular Hbond substituents is 1. The number of aromatic hydroxyl groups is 1. The number of carbonyl (C=O) groups excluding carboxylic acids is 3. The van der Waals surface area contributed by atoms with Crippen molar-refractivity contribution in [1.82, 2.24) is 0 Å². The molecule has 4 rings (SSSR count). The number of anilines is 2. The number of rotatable bonds is 10. The van der Waals surface area contributed by atoms with Crippen LogP contribution in [0.25, 0.3) is 10.8 Å². The zero-order valence-corrected chi connectivity index (χ0v) is 31.9. The quantitative estimate of drug-likeness (QED) is 0.0481. The maximum Gasteiger partial charge on any atom is 1.00 e. The largest absolute Gasteiger partial charge is 1.00 e. The normalized spacial score (nSPS) is 10.7. The molecule has 0 saturated carbocycles. The molecule has 0 heterocycles. The second kappa shape index (κ2) is 16.8. The summed E-state index contributed by atoms with van der Waals surface area (Å²) in [6.45, 7) is 1.56. The van der Waals surface area contributed by atoms with Gasteiger partial charge < -0.3 is 30.2 Å². The van der Waals surface area contributed by atoms with Crippen LogP contribution in [0.1, 0.15) is 39.6 Å². The Hall–Kier alpha value is -3.14. The van der Waals surface area contributed by atoms with Gasteiger partial charge in [-0.15, -0.1) is 10.2 Å². The summed E-state index contributed by atoms with van der Waals surface area (Å²) in [5, 5.41) is 64.8. The Bertz CT molecular complexity index is 2080. The summed E-state index contributed by atoms with van der Waals surface area (Å²) >= 11 is 0. The predicted molar refractivity (Wildman–Crippen MR) is 152 cm³/mol. The number of phenols is 1. The van der Waals surface area contributed by atoms with Crippen molar-refractivity contribution in [1.29, 1.82) is 5.26 Å². The van der Waals surface area contributed by atoms with Gasteiger partial charge in [0.05, 0.1) is 44.4 Å². The summed E-state index contributed by atoms with van der Waals surface area (Å²) < 4.78 is 29.0. The first-order valence-electron chi connectivity index (χ1n) is 12.5. The number of carbonyl (C=O) groups is 3. The SMILES string of the molecule is CCC(=O)Nc1cc(N=Nc2ccc([N+](=O)[O-])cc2C#N)c2c(NS(=O)(=O)c3cc(C(=O)[O-])cc(C(=O)[O-])c3)cccc2c1O.[K+].[K+]. The zero-order valence-electron chi connectivity index (χ0n) is 24.8. The molecule has 16 nitrogen and oxygen atoms in total. The van der Waals surface area contributed by atoms with Gasteiger partial charge in [-0.2, -0.15) is 5.26 Å². The van der Waals surface area contributed by atoms with E-state index in [0.717, 1.165) is 24.3 Å². The van der Waals surface area contributed by atoms with Crippen LogP contribution in [0.2, 0.25) is 0 Å². The third-order valence-electron chi connectivity index (χ3n) is 6.22. The number of aromatic carboxylic acids is 2. The number of hydrogen-bond acceptors (Lipinski definition) is 13. The van der Waals surface area contributed by atoms with Crippen LogP contribution in [-0.2, 0) is 14.8 Å². The average molecular weight is 709 g/mol. The van der Waals surface area contributed by atoms with E-state index in [2.05, 4.69) is 20.3 Å². The van der Waals surface area contributed by atoms with Gasteiger partial charge in [-0.1, -0.05) is 19.1 Å². The van der Waals surface area contributed by atoms with Crippen LogP contribution >= 0.6 is 0 Å². The van der Waals surface area contributed by atoms with Gasteiger partial charge in [0.2, 0.25) is 5.91 Å². The molecule has 47 heavy (non-hydrogen) atoms. The molecule has 0 aliphatic heterocycles. The maximum atomic E-state index is 13.4. The van der Waals surface area contributed by atoms with Gasteiger partial charge in [0, 0.05) is 29.3 Å². The van der Waals surface area contributed by atoms with Gasteiger partial charge >= 0.3 is 103 Å². The van der Waals surface area contributed by atoms with Gasteiger partial charge in [0.15, 0.2) is 0 Å². The molecule has 228 valence electrons. The fourth-order valence-electron chi connectivity index (χ4n) is 4.06. The molecule has 3 N–H and O–H groups in total. The fraction of sp³-hybridized carbons (Fsp3) is 0.0714. The second-order valence-corrected chi connectivity index (χ2v) is 10.8. The Balaban J connectivity index is 0.00000384. The first-order valence-corrected chi connectivity index (χ1v) is 14.0. The topological polar surface area (TPSA) is 267 Å². The van der Waals surface area contributed by atoms with E-state index in [1.54, 1.807) is 13.0 Å². The molecule has 0 atom stereocenters. The van der Waals surface area contributed by atoms with Crippen LogP contribution in [0.5, 0.6) is 5.75 Å². The third-order valence-corrected chi connectivity index (χ3v) is 7.56. The van der Waals surface area contributed by atoms with Gasteiger partial charge in [-0.3, -0.25) is 19.6 Å². The number of amides is 1. The van der Waals surface area contributed by atoms with Gasteiger partial charge in [0.25, 0.3) is 15.7 Å². The smallest absolute Gasteiger partial charge is 0.545 e. The van der Waals surface area contributed by atoms with E-state index in [4.69, 9.17) is 0 Å². The van der Waals surface area contributed by atoms with Crippen molar-refractivity contribution in [3.05, 3.63) is 87.5 Å². The minimum absolute atomic E-state index is 0.